The Morgan fingerprint density at radius 3 is 2.36 bits per heavy atom. The van der Waals surface area contributed by atoms with Crippen LogP contribution in [-0.2, 0) is 0 Å². The van der Waals surface area contributed by atoms with Crippen molar-refractivity contribution in [2.45, 2.75) is 51.6 Å². The Balaban J connectivity index is 2.26. The van der Waals surface area contributed by atoms with Crippen LogP contribution in [-0.4, -0.2) is 37.6 Å². The molecule has 0 bridgehead atoms. The average molecular weight is 198 g/mol. The Labute approximate surface area is 89.1 Å². The monoisotopic (exact) mass is 198 g/mol. The van der Waals surface area contributed by atoms with Gasteiger partial charge in [-0.2, -0.15) is 0 Å². The Morgan fingerprint density at radius 2 is 1.86 bits per heavy atom. The van der Waals surface area contributed by atoms with Crippen molar-refractivity contribution in [1.82, 2.24) is 10.2 Å². The molecular weight excluding hydrogens is 172 g/mol. The van der Waals surface area contributed by atoms with E-state index in [-0.39, 0.29) is 0 Å². The summed E-state index contributed by atoms with van der Waals surface area (Å²) in [7, 11) is 4.32. The minimum atomic E-state index is 0.611. The highest BCUT2D eigenvalue weighted by molar-refractivity contribution is 4.78. The predicted molar refractivity (Wildman–Crippen MR) is 62.6 cm³/mol. The van der Waals surface area contributed by atoms with Gasteiger partial charge in [-0.25, -0.2) is 0 Å². The third kappa shape index (κ3) is 3.58. The Bertz CT molecular complexity index is 150. The summed E-state index contributed by atoms with van der Waals surface area (Å²) in [6.07, 6.45) is 5.63. The van der Waals surface area contributed by atoms with Gasteiger partial charge in [-0.15, -0.1) is 0 Å². The molecule has 0 heterocycles. The molecule has 0 aromatic rings. The fourth-order valence-electron chi connectivity index (χ4n) is 2.36. The SMILES string of the molecule is CNC(C)CN(C)C1CCC(C)CC1. The van der Waals surface area contributed by atoms with Gasteiger partial charge in [-0.05, 0) is 52.6 Å². The maximum absolute atomic E-state index is 3.30. The number of hydrogen-bond acceptors (Lipinski definition) is 2. The number of nitrogens with one attached hydrogen (secondary N) is 1. The van der Waals surface area contributed by atoms with Crippen LogP contribution in [0.1, 0.15) is 39.5 Å². The quantitative estimate of drug-likeness (QED) is 0.744. The minimum Gasteiger partial charge on any atom is -0.316 e. The molecule has 2 heteroatoms. The molecule has 1 unspecified atom stereocenters. The van der Waals surface area contributed by atoms with Gasteiger partial charge >= 0.3 is 0 Å². The molecule has 14 heavy (non-hydrogen) atoms. The van der Waals surface area contributed by atoms with Gasteiger partial charge in [0, 0.05) is 18.6 Å². The molecule has 1 rings (SSSR count). The van der Waals surface area contributed by atoms with Crippen LogP contribution in [0.2, 0.25) is 0 Å². The van der Waals surface area contributed by atoms with Crippen molar-refractivity contribution in [2.75, 3.05) is 20.6 Å². The normalized spacial score (nSPS) is 30.6. The fraction of sp³-hybridized carbons (Fsp3) is 1.00. The molecule has 0 saturated heterocycles. The van der Waals surface area contributed by atoms with Crippen molar-refractivity contribution in [3.8, 4) is 0 Å². The smallest absolute Gasteiger partial charge is 0.0163 e. The third-order valence-corrected chi connectivity index (χ3v) is 3.66. The maximum Gasteiger partial charge on any atom is 0.0163 e. The summed E-state index contributed by atoms with van der Waals surface area (Å²) in [6, 6.07) is 1.45. The lowest BCUT2D eigenvalue weighted by molar-refractivity contribution is 0.160. The van der Waals surface area contributed by atoms with E-state index < -0.39 is 0 Å². The zero-order valence-corrected chi connectivity index (χ0v) is 10.2. The van der Waals surface area contributed by atoms with Gasteiger partial charge in [0.05, 0.1) is 0 Å². The summed E-state index contributed by atoms with van der Waals surface area (Å²) in [6.45, 7) is 5.81. The van der Waals surface area contributed by atoms with Gasteiger partial charge in [0.1, 0.15) is 0 Å². The van der Waals surface area contributed by atoms with Crippen molar-refractivity contribution < 1.29 is 0 Å². The lowest BCUT2D eigenvalue weighted by Crippen LogP contribution is -2.42. The molecule has 1 aliphatic carbocycles. The summed E-state index contributed by atoms with van der Waals surface area (Å²) in [5.41, 5.74) is 0. The van der Waals surface area contributed by atoms with Gasteiger partial charge in [-0.3, -0.25) is 0 Å². The number of rotatable bonds is 4. The first kappa shape index (κ1) is 12.0. The second-order valence-electron chi connectivity index (χ2n) is 5.04. The molecule has 0 aliphatic heterocycles. The Hall–Kier alpha value is -0.0800. The van der Waals surface area contributed by atoms with Gasteiger partial charge < -0.3 is 10.2 Å². The van der Waals surface area contributed by atoms with Crippen molar-refractivity contribution in [2.24, 2.45) is 5.92 Å². The lowest BCUT2D eigenvalue weighted by Gasteiger charge is -2.34. The van der Waals surface area contributed by atoms with Gasteiger partial charge in [0.2, 0.25) is 0 Å². The van der Waals surface area contributed by atoms with Crippen LogP contribution in [0.3, 0.4) is 0 Å². The molecule has 1 atom stereocenters. The first-order valence-electron chi connectivity index (χ1n) is 6.01. The Kier molecular flexibility index (Phi) is 4.90. The van der Waals surface area contributed by atoms with Gasteiger partial charge in [0.15, 0.2) is 0 Å². The van der Waals surface area contributed by atoms with Crippen molar-refractivity contribution in [1.29, 1.82) is 0 Å². The molecule has 84 valence electrons. The van der Waals surface area contributed by atoms with E-state index in [1.807, 2.05) is 7.05 Å². The van der Waals surface area contributed by atoms with E-state index in [9.17, 15) is 0 Å². The minimum absolute atomic E-state index is 0.611. The molecule has 0 aromatic heterocycles. The van der Waals surface area contributed by atoms with Crippen LogP contribution in [0.25, 0.3) is 0 Å². The van der Waals surface area contributed by atoms with Crippen molar-refractivity contribution in [3.63, 3.8) is 0 Å². The van der Waals surface area contributed by atoms with Crippen molar-refractivity contribution >= 4 is 0 Å². The third-order valence-electron chi connectivity index (χ3n) is 3.66. The molecule has 0 aromatic carbocycles. The summed E-state index contributed by atoms with van der Waals surface area (Å²) in [4.78, 5) is 2.53. The first-order valence-corrected chi connectivity index (χ1v) is 6.01. The topological polar surface area (TPSA) is 15.3 Å². The predicted octanol–water partition coefficient (Wildman–Crippen LogP) is 2.10. The molecular formula is C12H26N2. The van der Waals surface area contributed by atoms with E-state index in [0.717, 1.165) is 12.0 Å². The number of hydrogen-bond donors (Lipinski definition) is 1. The van der Waals surface area contributed by atoms with Crippen LogP contribution in [0.5, 0.6) is 0 Å². The molecule has 2 nitrogen and oxygen atoms in total. The molecule has 0 radical (unpaired) electrons. The Morgan fingerprint density at radius 1 is 1.29 bits per heavy atom. The van der Waals surface area contributed by atoms with Gasteiger partial charge in [0.25, 0.3) is 0 Å². The number of nitrogens with zero attached hydrogens (tertiary/aromatic N) is 1. The molecule has 1 saturated carbocycles. The van der Waals surface area contributed by atoms with Crippen LogP contribution in [0.4, 0.5) is 0 Å². The zero-order valence-electron chi connectivity index (χ0n) is 10.2. The summed E-state index contributed by atoms with van der Waals surface area (Å²) in [5.74, 6) is 0.960. The van der Waals surface area contributed by atoms with E-state index in [4.69, 9.17) is 0 Å². The van der Waals surface area contributed by atoms with Crippen LogP contribution in [0, 0.1) is 5.92 Å². The fourth-order valence-corrected chi connectivity index (χ4v) is 2.36. The van der Waals surface area contributed by atoms with Crippen molar-refractivity contribution in [3.05, 3.63) is 0 Å². The molecule has 1 N–H and O–H groups in total. The van der Waals surface area contributed by atoms with Crippen LogP contribution < -0.4 is 5.32 Å². The summed E-state index contributed by atoms with van der Waals surface area (Å²) >= 11 is 0. The second kappa shape index (κ2) is 5.72. The van der Waals surface area contributed by atoms with Gasteiger partial charge in [-0.1, -0.05) is 6.92 Å². The second-order valence-corrected chi connectivity index (χ2v) is 5.04. The molecule has 0 amide bonds. The largest absolute Gasteiger partial charge is 0.316 e. The van der Waals surface area contributed by atoms with E-state index in [1.165, 1.54) is 32.2 Å². The highest BCUT2D eigenvalue weighted by Crippen LogP contribution is 2.26. The van der Waals surface area contributed by atoms with E-state index >= 15 is 0 Å². The first-order chi connectivity index (χ1) is 6.63. The summed E-state index contributed by atoms with van der Waals surface area (Å²) in [5, 5.41) is 3.30. The number of likely N-dealkylation sites (N-methyl/N-ethyl adjacent to an activating group) is 2. The van der Waals surface area contributed by atoms with Crippen LogP contribution in [0.15, 0.2) is 0 Å². The van der Waals surface area contributed by atoms with Crippen LogP contribution >= 0.6 is 0 Å². The molecule has 1 fully saturated rings. The van der Waals surface area contributed by atoms with E-state index in [1.54, 1.807) is 0 Å². The lowest BCUT2D eigenvalue weighted by atomic mass is 9.86. The van der Waals surface area contributed by atoms with E-state index in [0.29, 0.717) is 6.04 Å². The highest BCUT2D eigenvalue weighted by Gasteiger charge is 2.21. The molecule has 0 spiro atoms. The maximum atomic E-state index is 3.30. The highest BCUT2D eigenvalue weighted by atomic mass is 15.1. The zero-order chi connectivity index (χ0) is 10.6. The average Bonchev–Trinajstić information content (AvgIpc) is 2.18. The standard InChI is InChI=1S/C12H26N2/c1-10-5-7-12(8-6-10)14(4)9-11(2)13-3/h10-13H,5-9H2,1-4H3. The summed E-state index contributed by atoms with van der Waals surface area (Å²) < 4.78 is 0. The molecule has 1 aliphatic rings. The van der Waals surface area contributed by atoms with E-state index in [2.05, 4.69) is 31.1 Å².